The van der Waals surface area contributed by atoms with Crippen LogP contribution in [0.2, 0.25) is 0 Å². The molecule has 0 aromatic heterocycles. The Morgan fingerprint density at radius 3 is 2.15 bits per heavy atom. The van der Waals surface area contributed by atoms with Crippen molar-refractivity contribution in [3.8, 4) is 11.5 Å². The number of likely N-dealkylation sites (tertiary alicyclic amines) is 1. The van der Waals surface area contributed by atoms with Crippen LogP contribution in [0, 0.1) is 11.8 Å². The molecule has 1 saturated heterocycles. The van der Waals surface area contributed by atoms with E-state index in [9.17, 15) is 14.7 Å². The highest BCUT2D eigenvalue weighted by atomic mass is 16.5. The van der Waals surface area contributed by atoms with E-state index in [-0.39, 0.29) is 17.7 Å². The van der Waals surface area contributed by atoms with Crippen molar-refractivity contribution < 1.29 is 19.4 Å². The molecule has 2 heterocycles. The second-order valence-electron chi connectivity index (χ2n) is 7.11. The maximum absolute atomic E-state index is 13.4. The molecular weight excluding hydrogens is 330 g/mol. The van der Waals surface area contributed by atoms with E-state index >= 15 is 0 Å². The fourth-order valence-corrected chi connectivity index (χ4v) is 4.07. The van der Waals surface area contributed by atoms with Gasteiger partial charge in [0.1, 0.15) is 11.5 Å². The molecule has 0 bridgehead atoms. The van der Waals surface area contributed by atoms with Crippen molar-refractivity contribution in [2.45, 2.75) is 19.3 Å². The van der Waals surface area contributed by atoms with E-state index in [1.54, 1.807) is 0 Å². The molecule has 2 unspecified atom stereocenters. The lowest BCUT2D eigenvalue weighted by Crippen LogP contribution is -2.47. The second kappa shape index (κ2) is 6.48. The lowest BCUT2D eigenvalue weighted by atomic mass is 9.83. The van der Waals surface area contributed by atoms with Crippen molar-refractivity contribution >= 4 is 11.9 Å². The highest BCUT2D eigenvalue weighted by Gasteiger charge is 2.39. The molecule has 1 amide bonds. The third-order valence-corrected chi connectivity index (χ3v) is 5.46. The molecule has 2 atom stereocenters. The molecule has 2 aliphatic heterocycles. The molecule has 0 aliphatic carbocycles. The molecule has 4 rings (SSSR count). The fraction of sp³-hybridized carbons (Fsp3) is 0.333. The first-order valence-corrected chi connectivity index (χ1v) is 8.93. The number of hydrogen-bond acceptors (Lipinski definition) is 3. The highest BCUT2D eigenvalue weighted by Crippen LogP contribution is 2.45. The summed E-state index contributed by atoms with van der Waals surface area (Å²) in [6.07, 6.45) is 0.495. The molecule has 2 aromatic rings. The maximum atomic E-state index is 13.4. The summed E-state index contributed by atoms with van der Waals surface area (Å²) in [6, 6.07) is 15.2. The number of carbonyl (C=O) groups is 2. The molecular formula is C21H21NO4. The number of aliphatic carboxylic acids is 1. The standard InChI is InChI=1S/C21H21NO4/c1-13-12-22(11-10-14(13)21(24)25)20(23)19-15-6-2-4-8-17(15)26-18-9-5-3-7-16(18)19/h2-9,13-14,19H,10-12H2,1H3,(H,24,25). The summed E-state index contributed by atoms with van der Waals surface area (Å²) in [5.41, 5.74) is 1.73. The number of carboxylic acid groups (broad SMARTS) is 1. The van der Waals surface area contributed by atoms with Gasteiger partial charge in [-0.2, -0.15) is 0 Å². The number of carboxylic acids is 1. The van der Waals surface area contributed by atoms with Crippen LogP contribution >= 0.6 is 0 Å². The highest BCUT2D eigenvalue weighted by molar-refractivity contribution is 5.90. The Bertz CT molecular complexity index is 817. The number of fused-ring (bicyclic) bond motifs is 2. The van der Waals surface area contributed by atoms with Gasteiger partial charge in [-0.1, -0.05) is 43.3 Å². The summed E-state index contributed by atoms with van der Waals surface area (Å²) in [5, 5.41) is 9.32. The van der Waals surface area contributed by atoms with Crippen molar-refractivity contribution in [1.82, 2.24) is 4.90 Å². The van der Waals surface area contributed by atoms with E-state index in [0.717, 1.165) is 11.1 Å². The van der Waals surface area contributed by atoms with Gasteiger partial charge in [-0.05, 0) is 24.5 Å². The van der Waals surface area contributed by atoms with E-state index in [4.69, 9.17) is 4.74 Å². The number of nitrogens with zero attached hydrogens (tertiary/aromatic N) is 1. The predicted molar refractivity (Wildman–Crippen MR) is 96.3 cm³/mol. The Labute approximate surface area is 152 Å². The zero-order valence-electron chi connectivity index (χ0n) is 14.6. The van der Waals surface area contributed by atoms with Crippen LogP contribution < -0.4 is 4.74 Å². The molecule has 1 N–H and O–H groups in total. The third-order valence-electron chi connectivity index (χ3n) is 5.46. The Morgan fingerprint density at radius 2 is 1.62 bits per heavy atom. The number of rotatable bonds is 2. The number of para-hydroxylation sites is 2. The average molecular weight is 351 g/mol. The average Bonchev–Trinajstić information content (AvgIpc) is 2.65. The topological polar surface area (TPSA) is 66.8 Å². The molecule has 0 saturated carbocycles. The van der Waals surface area contributed by atoms with Gasteiger partial charge in [0.25, 0.3) is 0 Å². The van der Waals surface area contributed by atoms with Gasteiger partial charge in [-0.15, -0.1) is 0 Å². The van der Waals surface area contributed by atoms with Crippen LogP contribution in [0.1, 0.15) is 30.4 Å². The van der Waals surface area contributed by atoms with Gasteiger partial charge >= 0.3 is 5.97 Å². The molecule has 0 radical (unpaired) electrons. The lowest BCUT2D eigenvalue weighted by molar-refractivity contribution is -0.148. The number of carbonyl (C=O) groups excluding carboxylic acids is 1. The quantitative estimate of drug-likeness (QED) is 0.899. The number of ether oxygens (including phenoxy) is 1. The molecule has 2 aromatic carbocycles. The number of hydrogen-bond donors (Lipinski definition) is 1. The van der Waals surface area contributed by atoms with E-state index in [1.807, 2.05) is 60.4 Å². The van der Waals surface area contributed by atoms with Gasteiger partial charge in [0.2, 0.25) is 5.91 Å². The van der Waals surface area contributed by atoms with Crippen molar-refractivity contribution in [3.63, 3.8) is 0 Å². The van der Waals surface area contributed by atoms with E-state index < -0.39 is 11.9 Å². The molecule has 5 nitrogen and oxygen atoms in total. The van der Waals surface area contributed by atoms with Gasteiger partial charge in [0, 0.05) is 24.2 Å². The predicted octanol–water partition coefficient (Wildman–Crippen LogP) is 3.49. The van der Waals surface area contributed by atoms with Crippen LogP contribution in [-0.4, -0.2) is 35.0 Å². The first kappa shape index (κ1) is 16.6. The first-order chi connectivity index (χ1) is 12.6. The summed E-state index contributed by atoms with van der Waals surface area (Å²) in [6.45, 7) is 2.85. The summed E-state index contributed by atoms with van der Waals surface area (Å²) >= 11 is 0. The largest absolute Gasteiger partial charge is 0.481 e. The number of benzene rings is 2. The Morgan fingerprint density at radius 1 is 1.04 bits per heavy atom. The fourth-order valence-electron chi connectivity index (χ4n) is 4.07. The monoisotopic (exact) mass is 351 g/mol. The zero-order valence-corrected chi connectivity index (χ0v) is 14.6. The molecule has 1 fully saturated rings. The summed E-state index contributed by atoms with van der Waals surface area (Å²) in [7, 11) is 0. The lowest BCUT2D eigenvalue weighted by Gasteiger charge is -2.38. The maximum Gasteiger partial charge on any atom is 0.306 e. The number of piperidine rings is 1. The van der Waals surface area contributed by atoms with Crippen LogP contribution in [0.3, 0.4) is 0 Å². The molecule has 0 spiro atoms. The summed E-state index contributed by atoms with van der Waals surface area (Å²) in [4.78, 5) is 26.6. The van der Waals surface area contributed by atoms with Crippen molar-refractivity contribution in [3.05, 3.63) is 59.7 Å². The summed E-state index contributed by atoms with van der Waals surface area (Å²) < 4.78 is 5.97. The molecule has 26 heavy (non-hydrogen) atoms. The second-order valence-corrected chi connectivity index (χ2v) is 7.11. The minimum absolute atomic E-state index is 0.0175. The van der Waals surface area contributed by atoms with Crippen LogP contribution in [0.15, 0.2) is 48.5 Å². The minimum Gasteiger partial charge on any atom is -0.481 e. The number of amides is 1. The van der Waals surface area contributed by atoms with Gasteiger partial charge < -0.3 is 14.7 Å². The van der Waals surface area contributed by atoms with E-state index in [0.29, 0.717) is 31.0 Å². The van der Waals surface area contributed by atoms with E-state index in [1.165, 1.54) is 0 Å². The summed E-state index contributed by atoms with van der Waals surface area (Å²) in [5.74, 6) is -0.195. The van der Waals surface area contributed by atoms with Crippen LogP contribution in [-0.2, 0) is 9.59 Å². The Hall–Kier alpha value is -2.82. The van der Waals surface area contributed by atoms with Crippen molar-refractivity contribution in [2.24, 2.45) is 11.8 Å². The van der Waals surface area contributed by atoms with Crippen LogP contribution in [0.5, 0.6) is 11.5 Å². The molecule has 5 heteroatoms. The smallest absolute Gasteiger partial charge is 0.306 e. The Balaban J connectivity index is 1.67. The van der Waals surface area contributed by atoms with Crippen LogP contribution in [0.4, 0.5) is 0 Å². The van der Waals surface area contributed by atoms with Crippen LogP contribution in [0.25, 0.3) is 0 Å². The van der Waals surface area contributed by atoms with Crippen molar-refractivity contribution in [1.29, 1.82) is 0 Å². The third kappa shape index (κ3) is 2.73. The van der Waals surface area contributed by atoms with Crippen molar-refractivity contribution in [2.75, 3.05) is 13.1 Å². The van der Waals surface area contributed by atoms with E-state index in [2.05, 4.69) is 0 Å². The molecule has 134 valence electrons. The first-order valence-electron chi connectivity index (χ1n) is 8.93. The SMILES string of the molecule is CC1CN(C(=O)C2c3ccccc3Oc3ccccc32)CCC1C(=O)O. The van der Waals surface area contributed by atoms with Gasteiger partial charge in [-0.3, -0.25) is 9.59 Å². The zero-order chi connectivity index (χ0) is 18.3. The normalized spacial score (nSPS) is 22.1. The minimum atomic E-state index is -0.772. The van der Waals surface area contributed by atoms with Gasteiger partial charge in [0.05, 0.1) is 11.8 Å². The van der Waals surface area contributed by atoms with Gasteiger partial charge in [0.15, 0.2) is 0 Å². The van der Waals surface area contributed by atoms with Gasteiger partial charge in [-0.25, -0.2) is 0 Å². The molecule has 2 aliphatic rings. The Kier molecular flexibility index (Phi) is 4.15.